The summed E-state index contributed by atoms with van der Waals surface area (Å²) in [5.41, 5.74) is -0.505. The van der Waals surface area contributed by atoms with E-state index in [1.54, 1.807) is 11.8 Å². The van der Waals surface area contributed by atoms with E-state index >= 15 is 0 Å². The van der Waals surface area contributed by atoms with Gasteiger partial charge in [0.1, 0.15) is 5.54 Å². The Labute approximate surface area is 83.6 Å². The van der Waals surface area contributed by atoms with Crippen molar-refractivity contribution in [2.24, 2.45) is 0 Å². The lowest BCUT2D eigenvalue weighted by Gasteiger charge is -2.27. The van der Waals surface area contributed by atoms with E-state index in [4.69, 9.17) is 4.74 Å². The summed E-state index contributed by atoms with van der Waals surface area (Å²) in [5, 5.41) is 3.32. The summed E-state index contributed by atoms with van der Waals surface area (Å²) in [4.78, 5) is 11.5. The van der Waals surface area contributed by atoms with E-state index in [-0.39, 0.29) is 5.97 Å². The average molecular weight is 203 g/mol. The van der Waals surface area contributed by atoms with Crippen LogP contribution >= 0.6 is 11.8 Å². The molecule has 0 saturated heterocycles. The minimum atomic E-state index is -0.505. The number of nitrogens with one attached hydrogen (secondary N) is 1. The van der Waals surface area contributed by atoms with Crippen molar-refractivity contribution in [3.8, 4) is 0 Å². The molecule has 1 saturated carbocycles. The standard InChI is InChI=1S/C9H17NO2S/c1-9(6-13-3,8(11)12-2)10-7-4-5-7/h7,10H,4-6H2,1-3H3. The van der Waals surface area contributed by atoms with Crippen LogP contribution in [0.1, 0.15) is 19.8 Å². The number of carbonyl (C=O) groups excluding carboxylic acids is 1. The summed E-state index contributed by atoms with van der Waals surface area (Å²) in [6.07, 6.45) is 4.36. The Kier molecular flexibility index (Phi) is 3.62. The fourth-order valence-corrected chi connectivity index (χ4v) is 2.13. The largest absolute Gasteiger partial charge is 0.468 e. The number of hydrogen-bond donors (Lipinski definition) is 1. The molecule has 1 unspecified atom stereocenters. The zero-order chi connectivity index (χ0) is 9.90. The first-order chi connectivity index (χ1) is 6.12. The molecule has 0 aromatic heterocycles. The van der Waals surface area contributed by atoms with Crippen molar-refractivity contribution in [3.05, 3.63) is 0 Å². The van der Waals surface area contributed by atoms with Gasteiger partial charge in [0.15, 0.2) is 0 Å². The van der Waals surface area contributed by atoms with Crippen LogP contribution in [0.15, 0.2) is 0 Å². The third-order valence-corrected chi connectivity index (χ3v) is 3.04. The van der Waals surface area contributed by atoms with E-state index in [0.29, 0.717) is 6.04 Å². The Morgan fingerprint density at radius 2 is 2.31 bits per heavy atom. The van der Waals surface area contributed by atoms with Crippen LogP contribution in [0.25, 0.3) is 0 Å². The molecule has 3 nitrogen and oxygen atoms in total. The number of hydrogen-bond acceptors (Lipinski definition) is 4. The molecule has 0 aromatic carbocycles. The van der Waals surface area contributed by atoms with E-state index in [2.05, 4.69) is 5.32 Å². The summed E-state index contributed by atoms with van der Waals surface area (Å²) < 4.78 is 4.78. The Hall–Kier alpha value is -0.220. The van der Waals surface area contributed by atoms with Gasteiger partial charge in [0.05, 0.1) is 7.11 Å². The lowest BCUT2D eigenvalue weighted by atomic mass is 10.1. The predicted octanol–water partition coefficient (Wildman–Crippen LogP) is 1.03. The lowest BCUT2D eigenvalue weighted by Crippen LogP contribution is -2.53. The first-order valence-electron chi connectivity index (χ1n) is 4.47. The van der Waals surface area contributed by atoms with Crippen LogP contribution in [0.5, 0.6) is 0 Å². The second kappa shape index (κ2) is 4.33. The van der Waals surface area contributed by atoms with Crippen LogP contribution in [-0.2, 0) is 9.53 Å². The van der Waals surface area contributed by atoms with Crippen LogP contribution < -0.4 is 5.32 Å². The van der Waals surface area contributed by atoms with E-state index in [1.807, 2.05) is 13.2 Å². The summed E-state index contributed by atoms with van der Waals surface area (Å²) in [6.45, 7) is 1.91. The molecule has 1 aliphatic rings. The number of esters is 1. The number of ether oxygens (including phenoxy) is 1. The van der Waals surface area contributed by atoms with Crippen LogP contribution in [0.3, 0.4) is 0 Å². The molecule has 1 atom stereocenters. The monoisotopic (exact) mass is 203 g/mol. The third kappa shape index (κ3) is 2.88. The molecule has 0 aromatic rings. The first-order valence-corrected chi connectivity index (χ1v) is 5.87. The van der Waals surface area contributed by atoms with Gasteiger partial charge in [-0.2, -0.15) is 11.8 Å². The summed E-state index contributed by atoms with van der Waals surface area (Å²) in [7, 11) is 1.44. The number of thioether (sulfide) groups is 1. The Morgan fingerprint density at radius 1 is 1.69 bits per heavy atom. The van der Waals surface area contributed by atoms with Crippen LogP contribution in [-0.4, -0.2) is 36.7 Å². The number of rotatable bonds is 5. The average Bonchev–Trinajstić information content (AvgIpc) is 2.87. The molecule has 0 heterocycles. The SMILES string of the molecule is COC(=O)C(C)(CSC)NC1CC1. The topological polar surface area (TPSA) is 38.3 Å². The smallest absolute Gasteiger partial charge is 0.326 e. The Bertz CT molecular complexity index is 194. The molecule has 1 N–H and O–H groups in total. The molecule has 0 spiro atoms. The number of carbonyl (C=O) groups is 1. The second-order valence-corrected chi connectivity index (χ2v) is 4.54. The summed E-state index contributed by atoms with van der Waals surface area (Å²) in [5.74, 6) is 0.602. The van der Waals surface area contributed by atoms with Gasteiger partial charge in [0.25, 0.3) is 0 Å². The van der Waals surface area contributed by atoms with Gasteiger partial charge in [-0.1, -0.05) is 0 Å². The van der Waals surface area contributed by atoms with Gasteiger partial charge in [-0.05, 0) is 26.0 Å². The van der Waals surface area contributed by atoms with E-state index in [0.717, 1.165) is 5.75 Å². The molecule has 4 heteroatoms. The van der Waals surface area contributed by atoms with Gasteiger partial charge < -0.3 is 4.74 Å². The molecule has 0 radical (unpaired) electrons. The summed E-state index contributed by atoms with van der Waals surface area (Å²) in [6, 6.07) is 0.524. The molecule has 13 heavy (non-hydrogen) atoms. The Balaban J connectivity index is 2.54. The highest BCUT2D eigenvalue weighted by Crippen LogP contribution is 2.24. The number of methoxy groups -OCH3 is 1. The van der Waals surface area contributed by atoms with Gasteiger partial charge in [0.2, 0.25) is 0 Å². The first kappa shape index (κ1) is 10.9. The second-order valence-electron chi connectivity index (χ2n) is 3.68. The predicted molar refractivity (Wildman–Crippen MR) is 55.0 cm³/mol. The zero-order valence-corrected chi connectivity index (χ0v) is 9.24. The highest BCUT2D eigenvalue weighted by atomic mass is 32.2. The maximum atomic E-state index is 11.5. The van der Waals surface area contributed by atoms with Crippen molar-refractivity contribution in [3.63, 3.8) is 0 Å². The van der Waals surface area contributed by atoms with Gasteiger partial charge in [-0.15, -0.1) is 0 Å². The van der Waals surface area contributed by atoms with Gasteiger partial charge >= 0.3 is 5.97 Å². The van der Waals surface area contributed by atoms with Crippen molar-refractivity contribution in [1.29, 1.82) is 0 Å². The molecule has 0 amide bonds. The van der Waals surface area contributed by atoms with E-state index in [9.17, 15) is 4.79 Å². The molecule has 1 fully saturated rings. The van der Waals surface area contributed by atoms with Crippen molar-refractivity contribution < 1.29 is 9.53 Å². The van der Waals surface area contributed by atoms with Gasteiger partial charge in [-0.25, -0.2) is 0 Å². The highest BCUT2D eigenvalue weighted by Gasteiger charge is 2.38. The molecule has 1 rings (SSSR count). The molecular formula is C9H17NO2S. The quantitative estimate of drug-likeness (QED) is 0.677. The van der Waals surface area contributed by atoms with Crippen molar-refractivity contribution >= 4 is 17.7 Å². The lowest BCUT2D eigenvalue weighted by molar-refractivity contribution is -0.146. The van der Waals surface area contributed by atoms with Crippen molar-refractivity contribution in [2.45, 2.75) is 31.3 Å². The van der Waals surface area contributed by atoms with Gasteiger partial charge in [-0.3, -0.25) is 10.1 Å². The molecule has 1 aliphatic carbocycles. The minimum absolute atomic E-state index is 0.159. The van der Waals surface area contributed by atoms with Crippen LogP contribution in [0, 0.1) is 0 Å². The maximum Gasteiger partial charge on any atom is 0.326 e. The van der Waals surface area contributed by atoms with E-state index in [1.165, 1.54) is 20.0 Å². The minimum Gasteiger partial charge on any atom is -0.468 e. The fourth-order valence-electron chi connectivity index (χ4n) is 1.35. The molecule has 76 valence electrons. The zero-order valence-electron chi connectivity index (χ0n) is 8.42. The van der Waals surface area contributed by atoms with Gasteiger partial charge in [0, 0.05) is 11.8 Å². The normalized spacial score (nSPS) is 20.8. The third-order valence-electron chi connectivity index (χ3n) is 2.17. The van der Waals surface area contributed by atoms with Crippen LogP contribution in [0.2, 0.25) is 0 Å². The van der Waals surface area contributed by atoms with Crippen LogP contribution in [0.4, 0.5) is 0 Å². The highest BCUT2D eigenvalue weighted by molar-refractivity contribution is 7.98. The fraction of sp³-hybridized carbons (Fsp3) is 0.889. The van der Waals surface area contributed by atoms with E-state index < -0.39 is 5.54 Å². The molecule has 0 bridgehead atoms. The summed E-state index contributed by atoms with van der Waals surface area (Å²) >= 11 is 1.66. The van der Waals surface area contributed by atoms with Crippen molar-refractivity contribution in [1.82, 2.24) is 5.32 Å². The maximum absolute atomic E-state index is 11.5. The molecule has 0 aliphatic heterocycles. The van der Waals surface area contributed by atoms with Crippen molar-refractivity contribution in [2.75, 3.05) is 19.1 Å². The Morgan fingerprint density at radius 3 is 2.69 bits per heavy atom. The molecular weight excluding hydrogens is 186 g/mol.